The first-order valence-electron chi connectivity index (χ1n) is 12.7. The van der Waals surface area contributed by atoms with Crippen LogP contribution < -0.4 is 10.6 Å². The predicted molar refractivity (Wildman–Crippen MR) is 124 cm³/mol. The van der Waals surface area contributed by atoms with Gasteiger partial charge in [-0.2, -0.15) is 0 Å². The molecule has 5 rings (SSSR count). The Morgan fingerprint density at radius 1 is 0.971 bits per heavy atom. The van der Waals surface area contributed by atoms with Crippen molar-refractivity contribution in [2.75, 3.05) is 0 Å². The molecule has 9 heteroatoms. The van der Waals surface area contributed by atoms with E-state index in [1.807, 2.05) is 0 Å². The molecule has 3 fully saturated rings. The summed E-state index contributed by atoms with van der Waals surface area (Å²) in [6.45, 7) is 1.96. The summed E-state index contributed by atoms with van der Waals surface area (Å²) in [5, 5.41) is 5.78. The van der Waals surface area contributed by atoms with Crippen LogP contribution in [0, 0.1) is 12.7 Å². The highest BCUT2D eigenvalue weighted by atomic mass is 19.3. The number of rotatable bonds is 3. The molecule has 2 saturated carbocycles. The summed E-state index contributed by atoms with van der Waals surface area (Å²) in [4.78, 5) is 36.6. The van der Waals surface area contributed by atoms with Gasteiger partial charge in [0.1, 0.15) is 11.9 Å². The van der Waals surface area contributed by atoms with Gasteiger partial charge < -0.3 is 10.2 Å². The van der Waals surface area contributed by atoms with Gasteiger partial charge in [-0.25, -0.2) is 13.2 Å². The first-order valence-corrected chi connectivity index (χ1v) is 12.7. The molecule has 2 aliphatic heterocycles. The van der Waals surface area contributed by atoms with Gasteiger partial charge in [0.2, 0.25) is 17.7 Å². The van der Waals surface area contributed by atoms with E-state index in [1.165, 1.54) is 43.1 Å². The molecule has 0 spiro atoms. The molecule has 6 nitrogen and oxygen atoms in total. The van der Waals surface area contributed by atoms with Crippen molar-refractivity contribution < 1.29 is 27.6 Å². The lowest BCUT2D eigenvalue weighted by Gasteiger charge is -2.33. The Kier molecular flexibility index (Phi) is 7.83. The summed E-state index contributed by atoms with van der Waals surface area (Å²) in [6, 6.07) is 3.32. The quantitative estimate of drug-likeness (QED) is 0.613. The molecule has 2 aliphatic carbocycles. The number of piperidine rings is 1. The van der Waals surface area contributed by atoms with Crippen LogP contribution in [0.25, 0.3) is 0 Å². The number of carbonyl (C=O) groups is 3. The van der Waals surface area contributed by atoms with Crippen LogP contribution in [0.1, 0.15) is 92.1 Å². The fraction of sp³-hybridized carbons (Fsp3) is 0.654. The zero-order chi connectivity index (χ0) is 25.2. The minimum absolute atomic E-state index is 0.0419. The van der Waals surface area contributed by atoms with Crippen molar-refractivity contribution in [3.8, 4) is 0 Å². The van der Waals surface area contributed by atoms with Crippen molar-refractivity contribution in [3.63, 3.8) is 0 Å². The second kappa shape index (κ2) is 10.7. The van der Waals surface area contributed by atoms with Gasteiger partial charge in [-0.1, -0.05) is 25.3 Å². The van der Waals surface area contributed by atoms with Crippen LogP contribution in [-0.2, 0) is 16.1 Å². The van der Waals surface area contributed by atoms with Gasteiger partial charge in [-0.15, -0.1) is 0 Å². The second-order valence-electron chi connectivity index (χ2n) is 10.3. The number of benzene rings is 1. The molecule has 1 saturated heterocycles. The number of alkyl halides is 2. The summed E-state index contributed by atoms with van der Waals surface area (Å²) < 4.78 is 39.8. The Bertz CT molecular complexity index is 968. The Labute approximate surface area is 204 Å². The molecule has 35 heavy (non-hydrogen) atoms. The fourth-order valence-electron chi connectivity index (χ4n) is 5.62. The number of nitrogens with one attached hydrogen (secondary N) is 2. The average Bonchev–Trinajstić information content (AvgIpc) is 3.12. The van der Waals surface area contributed by atoms with Crippen molar-refractivity contribution in [2.24, 2.45) is 0 Å². The minimum Gasteiger partial charge on any atom is -0.322 e. The largest absolute Gasteiger partial charge is 0.322 e. The topological polar surface area (TPSA) is 78.5 Å². The van der Waals surface area contributed by atoms with Gasteiger partial charge in [0.05, 0.1) is 5.56 Å². The monoisotopic (exact) mass is 493 g/mol. The summed E-state index contributed by atoms with van der Waals surface area (Å²) in [5.74, 6) is -4.24. The Morgan fingerprint density at radius 3 is 2.29 bits per heavy atom. The Balaban J connectivity index is 0.000000172. The predicted octanol–water partition coefficient (Wildman–Crippen LogP) is 4.38. The maximum Gasteiger partial charge on any atom is 0.258 e. The first kappa shape index (κ1) is 25.7. The summed E-state index contributed by atoms with van der Waals surface area (Å²) in [6.07, 6.45) is 8.40. The van der Waals surface area contributed by atoms with Gasteiger partial charge in [-0.05, 0) is 56.2 Å². The third-order valence-corrected chi connectivity index (χ3v) is 7.51. The van der Waals surface area contributed by atoms with E-state index in [0.29, 0.717) is 30.5 Å². The number of carbonyl (C=O) groups excluding carboxylic acids is 3. The van der Waals surface area contributed by atoms with Crippen molar-refractivity contribution in [1.29, 1.82) is 0 Å². The van der Waals surface area contributed by atoms with E-state index in [1.54, 1.807) is 13.0 Å². The maximum atomic E-state index is 13.9. The van der Waals surface area contributed by atoms with E-state index < -0.39 is 29.6 Å². The standard InChI is InChI=1S/C14H13FN2O3.C12H21F2N/c1-7-4-8-6-17(14(20)12(8)9(15)5-7)10-2-3-11(18)16-13(10)19;13-12(14)8-6-11(7-9-12)15-10-4-2-1-3-5-10/h4-5,10H,2-3,6H2,1H3,(H,16,18,19);10-11,15H,1-9H2. The van der Waals surface area contributed by atoms with Gasteiger partial charge in [0, 0.05) is 37.9 Å². The summed E-state index contributed by atoms with van der Waals surface area (Å²) in [5.41, 5.74) is 1.37. The molecule has 2 heterocycles. The zero-order valence-electron chi connectivity index (χ0n) is 20.2. The van der Waals surface area contributed by atoms with Crippen LogP contribution in [0.15, 0.2) is 12.1 Å². The van der Waals surface area contributed by atoms with E-state index in [4.69, 9.17) is 0 Å². The van der Waals surface area contributed by atoms with E-state index in [9.17, 15) is 27.6 Å². The third-order valence-electron chi connectivity index (χ3n) is 7.51. The molecule has 1 aromatic carbocycles. The first-order chi connectivity index (χ1) is 16.6. The molecule has 4 aliphatic rings. The zero-order valence-corrected chi connectivity index (χ0v) is 20.2. The lowest BCUT2D eigenvalue weighted by atomic mass is 9.89. The molecule has 1 unspecified atom stereocenters. The maximum absolute atomic E-state index is 13.9. The second-order valence-corrected chi connectivity index (χ2v) is 10.3. The normalized spacial score (nSPS) is 25.1. The Hall–Kier alpha value is -2.42. The fourth-order valence-corrected chi connectivity index (χ4v) is 5.62. The number of fused-ring (bicyclic) bond motifs is 1. The molecule has 0 bridgehead atoms. The minimum atomic E-state index is -2.38. The molecule has 0 radical (unpaired) electrons. The lowest BCUT2D eigenvalue weighted by Crippen LogP contribution is -2.52. The molecule has 2 N–H and O–H groups in total. The van der Waals surface area contributed by atoms with Crippen molar-refractivity contribution >= 4 is 17.7 Å². The van der Waals surface area contributed by atoms with Crippen molar-refractivity contribution in [1.82, 2.24) is 15.5 Å². The summed E-state index contributed by atoms with van der Waals surface area (Å²) >= 11 is 0. The van der Waals surface area contributed by atoms with Crippen LogP contribution >= 0.6 is 0 Å². The number of imide groups is 1. The molecule has 3 amide bonds. The van der Waals surface area contributed by atoms with Crippen LogP contribution in [0.5, 0.6) is 0 Å². The number of halogens is 3. The third kappa shape index (κ3) is 6.23. The van der Waals surface area contributed by atoms with Crippen LogP contribution in [-0.4, -0.2) is 46.7 Å². The van der Waals surface area contributed by atoms with Crippen LogP contribution in [0.2, 0.25) is 0 Å². The summed E-state index contributed by atoms with van der Waals surface area (Å²) in [7, 11) is 0. The molecule has 1 atom stereocenters. The molecule has 1 aromatic rings. The highest BCUT2D eigenvalue weighted by Crippen LogP contribution is 2.34. The highest BCUT2D eigenvalue weighted by Gasteiger charge is 2.40. The number of hydrogen-bond acceptors (Lipinski definition) is 4. The number of nitrogens with zero attached hydrogens (tertiary/aromatic N) is 1. The van der Waals surface area contributed by atoms with Crippen molar-refractivity contribution in [2.45, 2.75) is 108 Å². The average molecular weight is 494 g/mol. The van der Waals surface area contributed by atoms with E-state index >= 15 is 0 Å². The van der Waals surface area contributed by atoms with Crippen LogP contribution in [0.3, 0.4) is 0 Å². The van der Waals surface area contributed by atoms with E-state index in [-0.39, 0.29) is 43.7 Å². The van der Waals surface area contributed by atoms with Gasteiger partial charge in [-0.3, -0.25) is 19.7 Å². The van der Waals surface area contributed by atoms with Gasteiger partial charge in [0.25, 0.3) is 5.91 Å². The molecule has 0 aromatic heterocycles. The highest BCUT2D eigenvalue weighted by molar-refractivity contribution is 6.05. The number of hydrogen-bond donors (Lipinski definition) is 2. The smallest absolute Gasteiger partial charge is 0.258 e. The molecular weight excluding hydrogens is 459 g/mol. The molecule has 192 valence electrons. The van der Waals surface area contributed by atoms with Gasteiger partial charge in [0.15, 0.2) is 0 Å². The number of aryl methyl sites for hydroxylation is 1. The lowest BCUT2D eigenvalue weighted by molar-refractivity contribution is -0.136. The van der Waals surface area contributed by atoms with Crippen molar-refractivity contribution in [3.05, 3.63) is 34.6 Å². The van der Waals surface area contributed by atoms with E-state index in [2.05, 4.69) is 10.6 Å². The van der Waals surface area contributed by atoms with Crippen LogP contribution in [0.4, 0.5) is 13.2 Å². The van der Waals surface area contributed by atoms with Gasteiger partial charge >= 0.3 is 0 Å². The molecular formula is C26H34F3N3O3. The Morgan fingerprint density at radius 2 is 1.63 bits per heavy atom. The SMILES string of the molecule is Cc1cc(F)c2c(c1)CN(C1CCC(=O)NC1=O)C2=O.FC1(F)CCC(NC2CCCCC2)CC1. The van der Waals surface area contributed by atoms with E-state index in [0.717, 1.165) is 5.56 Å². The number of amides is 3.